The van der Waals surface area contributed by atoms with E-state index in [9.17, 15) is 19.7 Å². The van der Waals surface area contributed by atoms with Gasteiger partial charge in [-0.15, -0.1) is 0 Å². The largest absolute Gasteiger partial charge is 0.481 e. The van der Waals surface area contributed by atoms with E-state index in [0.717, 1.165) is 15.0 Å². The summed E-state index contributed by atoms with van der Waals surface area (Å²) in [6.07, 6.45) is 1.32. The fraction of sp³-hybridized carbons (Fsp3) is 0.0435. The van der Waals surface area contributed by atoms with Crippen molar-refractivity contribution in [2.45, 2.75) is 6.61 Å². The van der Waals surface area contributed by atoms with Gasteiger partial charge in [-0.3, -0.25) is 25.1 Å². The molecule has 3 aromatic rings. The summed E-state index contributed by atoms with van der Waals surface area (Å²) in [7, 11) is 0. The number of nitro groups is 1. The summed E-state index contributed by atoms with van der Waals surface area (Å²) in [5.74, 6) is -1.10. The highest BCUT2D eigenvalue weighted by atomic mass is 79.9. The SMILES string of the molecule is O=C1NN(c2ccccc2)C(=O)/C1=C\c1cc(Br)c(OCc2ccc(Br)cc2)c([N+](=O)[O-])c1. The molecule has 0 spiro atoms. The third-order valence-electron chi connectivity index (χ3n) is 4.76. The fourth-order valence-electron chi connectivity index (χ4n) is 3.18. The Hall–Kier alpha value is -3.50. The average molecular weight is 573 g/mol. The molecule has 1 fully saturated rings. The van der Waals surface area contributed by atoms with Crippen LogP contribution in [0.3, 0.4) is 0 Å². The Morgan fingerprint density at radius 1 is 1.03 bits per heavy atom. The van der Waals surface area contributed by atoms with Crippen LogP contribution in [0.15, 0.2) is 81.2 Å². The lowest BCUT2D eigenvalue weighted by atomic mass is 10.1. The standard InChI is InChI=1S/C23H15Br2N3O5/c24-16-8-6-14(7-9-16)13-33-21-19(25)11-15(12-20(21)28(31)32)10-18-22(29)26-27(23(18)30)17-4-2-1-3-5-17/h1-12H,13H2,(H,26,29)/b18-10-. The molecule has 8 nitrogen and oxygen atoms in total. The van der Waals surface area contributed by atoms with Crippen LogP contribution in [0.25, 0.3) is 6.08 Å². The Labute approximate surface area is 205 Å². The molecule has 0 atom stereocenters. The summed E-state index contributed by atoms with van der Waals surface area (Å²) >= 11 is 6.67. The molecule has 0 unspecified atom stereocenters. The number of ether oxygens (including phenoxy) is 1. The molecule has 1 saturated heterocycles. The minimum absolute atomic E-state index is 0.0539. The van der Waals surface area contributed by atoms with Gasteiger partial charge in [-0.2, -0.15) is 0 Å². The zero-order valence-corrected chi connectivity index (χ0v) is 20.0. The molecule has 10 heteroatoms. The zero-order chi connectivity index (χ0) is 23.5. The predicted octanol–water partition coefficient (Wildman–Crippen LogP) is 5.16. The Morgan fingerprint density at radius 2 is 1.73 bits per heavy atom. The number of anilines is 1. The number of amides is 2. The van der Waals surface area contributed by atoms with Crippen LogP contribution in [0.4, 0.5) is 11.4 Å². The van der Waals surface area contributed by atoms with Crippen molar-refractivity contribution in [2.24, 2.45) is 0 Å². The number of benzene rings is 3. The first-order valence-corrected chi connectivity index (χ1v) is 11.2. The Morgan fingerprint density at radius 3 is 2.39 bits per heavy atom. The van der Waals surface area contributed by atoms with E-state index in [4.69, 9.17) is 4.74 Å². The number of carbonyl (C=O) groups is 2. The third kappa shape index (κ3) is 4.96. The summed E-state index contributed by atoms with van der Waals surface area (Å²) < 4.78 is 6.95. The maximum absolute atomic E-state index is 12.8. The van der Waals surface area contributed by atoms with E-state index in [1.165, 1.54) is 12.1 Å². The smallest absolute Gasteiger partial charge is 0.312 e. The number of rotatable bonds is 6. The third-order valence-corrected chi connectivity index (χ3v) is 5.87. The topological polar surface area (TPSA) is 102 Å². The van der Waals surface area contributed by atoms with Crippen LogP contribution >= 0.6 is 31.9 Å². The number of nitrogens with zero attached hydrogens (tertiary/aromatic N) is 2. The van der Waals surface area contributed by atoms with E-state index in [-0.39, 0.29) is 23.6 Å². The van der Waals surface area contributed by atoms with E-state index < -0.39 is 16.7 Å². The molecule has 4 rings (SSSR count). The van der Waals surface area contributed by atoms with Crippen molar-refractivity contribution < 1.29 is 19.2 Å². The van der Waals surface area contributed by atoms with Crippen LogP contribution in [-0.2, 0) is 16.2 Å². The number of halogens is 2. The van der Waals surface area contributed by atoms with Crippen molar-refractivity contribution in [2.75, 3.05) is 5.01 Å². The van der Waals surface area contributed by atoms with Gasteiger partial charge in [-0.05, 0) is 63.5 Å². The second-order valence-electron chi connectivity index (χ2n) is 7.00. The minimum atomic E-state index is -0.599. The zero-order valence-electron chi connectivity index (χ0n) is 16.8. The van der Waals surface area contributed by atoms with Gasteiger partial charge >= 0.3 is 5.69 Å². The van der Waals surface area contributed by atoms with Gasteiger partial charge in [0.25, 0.3) is 11.8 Å². The van der Waals surface area contributed by atoms with E-state index in [2.05, 4.69) is 37.3 Å². The summed E-state index contributed by atoms with van der Waals surface area (Å²) in [4.78, 5) is 36.3. The Bertz CT molecular complexity index is 1280. The molecule has 1 N–H and O–H groups in total. The van der Waals surface area contributed by atoms with Gasteiger partial charge in [-0.1, -0.05) is 46.3 Å². The van der Waals surface area contributed by atoms with Crippen molar-refractivity contribution in [1.29, 1.82) is 0 Å². The number of hydrogen-bond acceptors (Lipinski definition) is 5. The Balaban J connectivity index is 1.63. The lowest BCUT2D eigenvalue weighted by Gasteiger charge is -2.13. The molecule has 0 saturated carbocycles. The maximum Gasteiger partial charge on any atom is 0.312 e. The summed E-state index contributed by atoms with van der Waals surface area (Å²) in [5, 5.41) is 12.8. The second-order valence-corrected chi connectivity index (χ2v) is 8.77. The highest BCUT2D eigenvalue weighted by molar-refractivity contribution is 9.10. The summed E-state index contributed by atoms with van der Waals surface area (Å²) in [6, 6.07) is 18.8. The minimum Gasteiger partial charge on any atom is -0.481 e. The highest BCUT2D eigenvalue weighted by Crippen LogP contribution is 2.38. The molecule has 1 aliphatic heterocycles. The Kier molecular flexibility index (Phi) is 6.57. The van der Waals surface area contributed by atoms with Crippen LogP contribution in [0, 0.1) is 10.1 Å². The molecule has 0 radical (unpaired) electrons. The molecule has 0 aromatic heterocycles. The van der Waals surface area contributed by atoms with Crippen LogP contribution in [0.1, 0.15) is 11.1 Å². The lowest BCUT2D eigenvalue weighted by molar-refractivity contribution is -0.386. The van der Waals surface area contributed by atoms with Crippen molar-refractivity contribution in [1.82, 2.24) is 5.43 Å². The fourth-order valence-corrected chi connectivity index (χ4v) is 4.03. The van der Waals surface area contributed by atoms with Crippen molar-refractivity contribution in [3.05, 3.63) is 102 Å². The molecular weight excluding hydrogens is 558 g/mol. The number of para-hydroxylation sites is 1. The first-order valence-electron chi connectivity index (χ1n) is 9.61. The van der Waals surface area contributed by atoms with Gasteiger partial charge in [-0.25, -0.2) is 5.01 Å². The van der Waals surface area contributed by atoms with E-state index >= 15 is 0 Å². The number of carbonyl (C=O) groups excluding carboxylic acids is 2. The molecule has 33 heavy (non-hydrogen) atoms. The van der Waals surface area contributed by atoms with E-state index in [1.54, 1.807) is 36.4 Å². The van der Waals surface area contributed by atoms with Crippen LogP contribution < -0.4 is 15.2 Å². The number of hydrogen-bond donors (Lipinski definition) is 1. The molecule has 2 amide bonds. The van der Waals surface area contributed by atoms with Gasteiger partial charge in [0.1, 0.15) is 12.2 Å². The van der Waals surface area contributed by atoms with E-state index in [0.29, 0.717) is 15.7 Å². The molecule has 1 heterocycles. The summed E-state index contributed by atoms with van der Waals surface area (Å²) in [6.45, 7) is 0.125. The van der Waals surface area contributed by atoms with Crippen LogP contribution in [-0.4, -0.2) is 16.7 Å². The normalized spacial score (nSPS) is 14.5. The monoisotopic (exact) mass is 571 g/mol. The van der Waals surface area contributed by atoms with Gasteiger partial charge in [0.05, 0.1) is 15.1 Å². The quantitative estimate of drug-likeness (QED) is 0.190. The predicted molar refractivity (Wildman–Crippen MR) is 129 cm³/mol. The molecule has 0 aliphatic carbocycles. The molecule has 3 aromatic carbocycles. The lowest BCUT2D eigenvalue weighted by Crippen LogP contribution is -2.35. The second kappa shape index (κ2) is 9.55. The molecule has 166 valence electrons. The average Bonchev–Trinajstić information content (AvgIpc) is 3.08. The molecular formula is C23H15Br2N3O5. The first-order chi connectivity index (χ1) is 15.8. The molecule has 1 aliphatic rings. The maximum atomic E-state index is 12.8. The highest BCUT2D eigenvalue weighted by Gasteiger charge is 2.34. The van der Waals surface area contributed by atoms with Gasteiger partial charge < -0.3 is 4.74 Å². The number of nitrogens with one attached hydrogen (secondary N) is 1. The van der Waals surface area contributed by atoms with Crippen molar-refractivity contribution in [3.63, 3.8) is 0 Å². The number of hydrazine groups is 1. The summed E-state index contributed by atoms with van der Waals surface area (Å²) in [5.41, 5.74) is 3.71. The van der Waals surface area contributed by atoms with Gasteiger partial charge in [0.15, 0.2) is 0 Å². The molecule has 0 bridgehead atoms. The first kappa shape index (κ1) is 22.7. The van der Waals surface area contributed by atoms with Crippen LogP contribution in [0.2, 0.25) is 0 Å². The number of nitro benzene ring substituents is 1. The van der Waals surface area contributed by atoms with Crippen molar-refractivity contribution >= 4 is 61.1 Å². The van der Waals surface area contributed by atoms with Crippen LogP contribution in [0.5, 0.6) is 5.75 Å². The van der Waals surface area contributed by atoms with Gasteiger partial charge in [0, 0.05) is 10.5 Å². The van der Waals surface area contributed by atoms with Crippen molar-refractivity contribution in [3.8, 4) is 5.75 Å². The van der Waals surface area contributed by atoms with E-state index in [1.807, 2.05) is 24.3 Å². The van der Waals surface area contributed by atoms with Gasteiger partial charge in [0.2, 0.25) is 5.75 Å².